The maximum absolute atomic E-state index is 12.5. The summed E-state index contributed by atoms with van der Waals surface area (Å²) in [6.07, 6.45) is 9.53. The lowest BCUT2D eigenvalue weighted by Crippen LogP contribution is -2.07. The van der Waals surface area contributed by atoms with Crippen LogP contribution in [0.5, 0.6) is 0 Å². The predicted octanol–water partition coefficient (Wildman–Crippen LogP) is 4.70. The van der Waals surface area contributed by atoms with Crippen molar-refractivity contribution in [3.63, 3.8) is 0 Å². The van der Waals surface area contributed by atoms with Gasteiger partial charge < -0.3 is 0 Å². The van der Waals surface area contributed by atoms with Crippen molar-refractivity contribution in [1.29, 1.82) is 0 Å². The molecule has 3 heterocycles. The summed E-state index contributed by atoms with van der Waals surface area (Å²) in [4.78, 5) is 16.7. The Kier molecular flexibility index (Phi) is 6.81. The minimum Gasteiger partial charge on any atom is -0.297 e. The molecule has 0 aliphatic heterocycles. The number of rotatable bonds is 8. The molecule has 4 aromatic rings. The first-order valence-corrected chi connectivity index (χ1v) is 11.2. The van der Waals surface area contributed by atoms with Crippen LogP contribution in [0.15, 0.2) is 67.1 Å². The van der Waals surface area contributed by atoms with E-state index in [4.69, 9.17) is 5.10 Å². The van der Waals surface area contributed by atoms with Crippen molar-refractivity contribution in [1.82, 2.24) is 25.0 Å². The van der Waals surface area contributed by atoms with Gasteiger partial charge in [-0.2, -0.15) is 5.10 Å². The number of carbonyl (C=O) groups excluding carboxylic acids is 1. The lowest BCUT2D eigenvalue weighted by Gasteiger charge is -2.01. The molecule has 1 N–H and O–H groups in total. The Labute approximate surface area is 190 Å². The standard InChI is InChI=1S/C24H24N6OS/c1-17(2)13-22-27-28-24(32-22)26-21(31)11-10-20-16-30(15-18-7-4-3-5-8-18)29-23(20)19-9-6-12-25-14-19/h3-12,14,16-17H,13,15H2,1-2H3,(H,26,28,31)/b11-10+. The third kappa shape index (κ3) is 5.73. The maximum atomic E-state index is 12.5. The summed E-state index contributed by atoms with van der Waals surface area (Å²) < 4.78 is 1.87. The molecular weight excluding hydrogens is 420 g/mol. The van der Waals surface area contributed by atoms with Gasteiger partial charge in [0, 0.05) is 42.2 Å². The van der Waals surface area contributed by atoms with E-state index in [9.17, 15) is 4.79 Å². The highest BCUT2D eigenvalue weighted by molar-refractivity contribution is 7.15. The van der Waals surface area contributed by atoms with Crippen LogP contribution in [0.1, 0.15) is 30.0 Å². The number of benzene rings is 1. The second-order valence-electron chi connectivity index (χ2n) is 7.78. The van der Waals surface area contributed by atoms with E-state index in [2.05, 4.69) is 46.5 Å². The van der Waals surface area contributed by atoms with Crippen LogP contribution in [-0.2, 0) is 17.8 Å². The van der Waals surface area contributed by atoms with Crippen LogP contribution in [0, 0.1) is 5.92 Å². The second kappa shape index (κ2) is 10.1. The first kappa shape index (κ1) is 21.6. The van der Waals surface area contributed by atoms with E-state index in [-0.39, 0.29) is 5.91 Å². The number of nitrogens with one attached hydrogen (secondary N) is 1. The van der Waals surface area contributed by atoms with Crippen molar-refractivity contribution in [3.05, 3.63) is 83.3 Å². The van der Waals surface area contributed by atoms with E-state index in [1.807, 2.05) is 41.2 Å². The Morgan fingerprint density at radius 3 is 2.75 bits per heavy atom. The summed E-state index contributed by atoms with van der Waals surface area (Å²) in [6, 6.07) is 13.9. The topological polar surface area (TPSA) is 85.6 Å². The van der Waals surface area contributed by atoms with Gasteiger partial charge in [0.25, 0.3) is 0 Å². The first-order valence-electron chi connectivity index (χ1n) is 10.4. The molecule has 162 valence electrons. The van der Waals surface area contributed by atoms with Gasteiger partial charge in [-0.25, -0.2) is 0 Å². The molecule has 0 spiro atoms. The second-order valence-corrected chi connectivity index (χ2v) is 8.84. The van der Waals surface area contributed by atoms with Crippen LogP contribution in [0.2, 0.25) is 0 Å². The van der Waals surface area contributed by atoms with Gasteiger partial charge in [-0.3, -0.25) is 19.8 Å². The van der Waals surface area contributed by atoms with Gasteiger partial charge in [-0.1, -0.05) is 55.5 Å². The lowest BCUT2D eigenvalue weighted by molar-refractivity contribution is -0.111. The molecule has 0 radical (unpaired) electrons. The van der Waals surface area contributed by atoms with Crippen molar-refractivity contribution in [2.45, 2.75) is 26.8 Å². The largest absolute Gasteiger partial charge is 0.297 e. The number of aromatic nitrogens is 5. The first-order chi connectivity index (χ1) is 15.6. The highest BCUT2D eigenvalue weighted by Crippen LogP contribution is 2.23. The van der Waals surface area contributed by atoms with Gasteiger partial charge in [0.15, 0.2) is 0 Å². The molecule has 7 nitrogen and oxygen atoms in total. The SMILES string of the molecule is CC(C)Cc1nnc(NC(=O)/C=C/c2cn(Cc3ccccc3)nc2-c2cccnc2)s1. The molecule has 0 saturated carbocycles. The summed E-state index contributed by atoms with van der Waals surface area (Å²) in [5.74, 6) is 0.231. The number of pyridine rings is 1. The highest BCUT2D eigenvalue weighted by Gasteiger charge is 2.11. The lowest BCUT2D eigenvalue weighted by atomic mass is 10.1. The van der Waals surface area contributed by atoms with Gasteiger partial charge in [0.1, 0.15) is 10.7 Å². The van der Waals surface area contributed by atoms with Gasteiger partial charge in [0.05, 0.1) is 6.54 Å². The molecule has 4 rings (SSSR count). The van der Waals surface area contributed by atoms with Crippen LogP contribution in [-0.4, -0.2) is 30.9 Å². The molecule has 1 amide bonds. The highest BCUT2D eigenvalue weighted by atomic mass is 32.1. The summed E-state index contributed by atoms with van der Waals surface area (Å²) in [5, 5.41) is 17.1. The van der Waals surface area contributed by atoms with Crippen LogP contribution >= 0.6 is 11.3 Å². The molecule has 0 aliphatic rings. The summed E-state index contributed by atoms with van der Waals surface area (Å²) in [5.41, 5.74) is 3.64. The summed E-state index contributed by atoms with van der Waals surface area (Å²) in [7, 11) is 0. The monoisotopic (exact) mass is 444 g/mol. The summed E-state index contributed by atoms with van der Waals surface area (Å²) >= 11 is 1.40. The Morgan fingerprint density at radius 2 is 2.00 bits per heavy atom. The fourth-order valence-electron chi connectivity index (χ4n) is 3.19. The normalized spacial score (nSPS) is 11.3. The fourth-order valence-corrected chi connectivity index (χ4v) is 4.14. The van der Waals surface area contributed by atoms with E-state index in [1.165, 1.54) is 17.4 Å². The Hall–Kier alpha value is -3.65. The molecule has 8 heteroatoms. The predicted molar refractivity (Wildman–Crippen MR) is 127 cm³/mol. The van der Waals surface area contributed by atoms with Crippen LogP contribution < -0.4 is 5.32 Å². The molecule has 3 aromatic heterocycles. The van der Waals surface area contributed by atoms with Gasteiger partial charge in [-0.05, 0) is 29.7 Å². The van der Waals surface area contributed by atoms with Crippen LogP contribution in [0.25, 0.3) is 17.3 Å². The van der Waals surface area contributed by atoms with Crippen molar-refractivity contribution < 1.29 is 4.79 Å². The quantitative estimate of drug-likeness (QED) is 0.398. The van der Waals surface area contributed by atoms with Crippen LogP contribution in [0.4, 0.5) is 5.13 Å². The molecular formula is C24H24N6OS. The van der Waals surface area contributed by atoms with E-state index in [1.54, 1.807) is 18.5 Å². The number of hydrogen-bond acceptors (Lipinski definition) is 6. The fraction of sp³-hybridized carbons (Fsp3) is 0.208. The maximum Gasteiger partial charge on any atom is 0.250 e. The number of hydrogen-bond donors (Lipinski definition) is 1. The average Bonchev–Trinajstić information content (AvgIpc) is 3.39. The third-order valence-corrected chi connectivity index (χ3v) is 5.47. The van der Waals surface area contributed by atoms with Crippen LogP contribution in [0.3, 0.4) is 0 Å². The van der Waals surface area contributed by atoms with Crippen molar-refractivity contribution in [2.24, 2.45) is 5.92 Å². The minimum absolute atomic E-state index is 0.259. The molecule has 0 fully saturated rings. The third-order valence-electron chi connectivity index (χ3n) is 4.61. The smallest absolute Gasteiger partial charge is 0.250 e. The molecule has 0 bridgehead atoms. The Morgan fingerprint density at radius 1 is 1.16 bits per heavy atom. The van der Waals surface area contributed by atoms with E-state index in [0.29, 0.717) is 17.6 Å². The van der Waals surface area contributed by atoms with E-state index in [0.717, 1.165) is 33.8 Å². The average molecular weight is 445 g/mol. The van der Waals surface area contributed by atoms with Crippen molar-refractivity contribution in [3.8, 4) is 11.3 Å². The van der Waals surface area contributed by atoms with Gasteiger partial charge >= 0.3 is 0 Å². The minimum atomic E-state index is -0.259. The van der Waals surface area contributed by atoms with Gasteiger partial charge in [0.2, 0.25) is 11.0 Å². The van der Waals surface area contributed by atoms with Crippen molar-refractivity contribution >= 4 is 28.5 Å². The number of carbonyl (C=O) groups is 1. The Balaban J connectivity index is 1.52. The molecule has 32 heavy (non-hydrogen) atoms. The zero-order chi connectivity index (χ0) is 22.3. The molecule has 0 saturated heterocycles. The van der Waals surface area contributed by atoms with Crippen molar-refractivity contribution in [2.75, 3.05) is 5.32 Å². The molecule has 1 aromatic carbocycles. The number of nitrogens with zero attached hydrogens (tertiary/aromatic N) is 5. The van der Waals surface area contributed by atoms with E-state index >= 15 is 0 Å². The van der Waals surface area contributed by atoms with Gasteiger partial charge in [-0.15, -0.1) is 10.2 Å². The summed E-state index contributed by atoms with van der Waals surface area (Å²) in [6.45, 7) is 4.89. The number of amides is 1. The molecule has 0 atom stereocenters. The zero-order valence-electron chi connectivity index (χ0n) is 18.0. The molecule has 0 aliphatic carbocycles. The number of anilines is 1. The molecule has 0 unspecified atom stereocenters. The Bertz CT molecular complexity index is 1200. The zero-order valence-corrected chi connectivity index (χ0v) is 18.8. The van der Waals surface area contributed by atoms with E-state index < -0.39 is 0 Å².